The van der Waals surface area contributed by atoms with Gasteiger partial charge in [-0.1, -0.05) is 0 Å². The van der Waals surface area contributed by atoms with E-state index in [1.165, 1.54) is 12.8 Å². The van der Waals surface area contributed by atoms with Crippen molar-refractivity contribution in [2.24, 2.45) is 0 Å². The molecule has 1 fully saturated rings. The number of hydrogen-bond donors (Lipinski definition) is 0. The third-order valence-electron chi connectivity index (χ3n) is 0.507. The predicted molar refractivity (Wildman–Crippen MR) is 27.1 cm³/mol. The molecule has 0 saturated heterocycles. The van der Waals surface area contributed by atoms with Gasteiger partial charge in [-0.05, 0) is 12.8 Å². The zero-order chi connectivity index (χ0) is 4.99. The molecule has 0 N–H and O–H groups in total. The summed E-state index contributed by atoms with van der Waals surface area (Å²) < 4.78 is 0. The van der Waals surface area contributed by atoms with Crippen molar-refractivity contribution in [1.29, 1.82) is 0 Å². The van der Waals surface area contributed by atoms with Crippen LogP contribution >= 0.6 is 11.6 Å². The van der Waals surface area contributed by atoms with Gasteiger partial charge in [-0.15, -0.1) is 11.6 Å². The van der Waals surface area contributed by atoms with Gasteiger partial charge in [0, 0.05) is 5.38 Å². The van der Waals surface area contributed by atoms with E-state index in [0.29, 0.717) is 5.38 Å². The second kappa shape index (κ2) is 3.16. The summed E-state index contributed by atoms with van der Waals surface area (Å²) in [6.07, 6.45) is 2.50. The Kier molecular flexibility index (Phi) is 3.14. The molecule has 1 rings (SSSR count). The van der Waals surface area contributed by atoms with Gasteiger partial charge in [-0.3, -0.25) is 0 Å². The normalized spacial score (nSPS) is 18.2. The van der Waals surface area contributed by atoms with Gasteiger partial charge in [0.05, 0.1) is 0 Å². The van der Waals surface area contributed by atoms with Crippen LogP contribution in [-0.2, 0) is 4.79 Å². The fourth-order valence-electron chi connectivity index (χ4n) is 0.0630. The molecule has 6 heavy (non-hydrogen) atoms. The van der Waals surface area contributed by atoms with Gasteiger partial charge in [-0.2, -0.15) is 0 Å². The maximum absolute atomic E-state index is 8.00. The van der Waals surface area contributed by atoms with Crippen LogP contribution in [-0.4, -0.2) is 12.2 Å². The standard InChI is InChI=1S/C3H5Cl.CH2O/c4-3-1-2-3;1-2/h3H,1-2H2;1H2/p+1. The summed E-state index contributed by atoms with van der Waals surface area (Å²) in [7, 11) is 0. The van der Waals surface area contributed by atoms with Crippen LogP contribution in [0.2, 0.25) is 0 Å². The van der Waals surface area contributed by atoms with Gasteiger partial charge in [0.25, 0.3) is 0 Å². The summed E-state index contributed by atoms with van der Waals surface area (Å²) in [6, 6.07) is 0. The second-order valence-electron chi connectivity index (χ2n) is 1.17. The summed E-state index contributed by atoms with van der Waals surface area (Å²) in [6.45, 7) is 2.00. The average Bonchev–Trinajstić information content (AvgIpc) is 2.30. The van der Waals surface area contributed by atoms with E-state index in [0.717, 1.165) is 0 Å². The van der Waals surface area contributed by atoms with Crippen molar-refractivity contribution in [3.8, 4) is 0 Å². The Balaban J connectivity index is 0. The van der Waals surface area contributed by atoms with Crippen LogP contribution in [0.25, 0.3) is 0 Å². The topological polar surface area (TPSA) is 17.1 Å². The van der Waals surface area contributed by atoms with Crippen LogP contribution in [0.1, 0.15) is 14.3 Å². The first-order valence-corrected chi connectivity index (χ1v) is 2.26. The Bertz CT molecular complexity index is 38.7. The fourth-order valence-corrected chi connectivity index (χ4v) is 0.189. The number of carbonyl (C=O) groups is 1. The van der Waals surface area contributed by atoms with E-state index in [1.54, 1.807) is 0 Å². The largest absolute Gasteiger partial charge is 1.00 e. The van der Waals surface area contributed by atoms with Crippen LogP contribution in [0.4, 0.5) is 0 Å². The third kappa shape index (κ3) is 3.96. The molecule has 0 aromatic rings. The van der Waals surface area contributed by atoms with Crippen molar-refractivity contribution in [1.82, 2.24) is 0 Å². The van der Waals surface area contributed by atoms with E-state index < -0.39 is 0 Å². The van der Waals surface area contributed by atoms with E-state index in [2.05, 4.69) is 0 Å². The van der Waals surface area contributed by atoms with Gasteiger partial charge >= 0.3 is 1.43 Å². The molecule has 0 amide bonds. The lowest BCUT2D eigenvalue weighted by atomic mass is 11.0. The minimum Gasteiger partial charge on any atom is -0.307 e. The zero-order valence-corrected chi connectivity index (χ0v) is 4.24. The van der Waals surface area contributed by atoms with Gasteiger partial charge in [0.1, 0.15) is 6.79 Å². The van der Waals surface area contributed by atoms with E-state index >= 15 is 0 Å². The van der Waals surface area contributed by atoms with Crippen LogP contribution in [0.3, 0.4) is 0 Å². The molecule has 0 atom stereocenters. The van der Waals surface area contributed by atoms with E-state index in [4.69, 9.17) is 16.4 Å². The first-order valence-electron chi connectivity index (χ1n) is 1.82. The summed E-state index contributed by atoms with van der Waals surface area (Å²) >= 11 is 5.39. The lowest BCUT2D eigenvalue weighted by Crippen LogP contribution is -1.45. The fraction of sp³-hybridized carbons (Fsp3) is 0.750. The van der Waals surface area contributed by atoms with Crippen molar-refractivity contribution in [3.05, 3.63) is 0 Å². The van der Waals surface area contributed by atoms with Crippen molar-refractivity contribution < 1.29 is 6.22 Å². The Hall–Kier alpha value is -0.0400. The van der Waals surface area contributed by atoms with Gasteiger partial charge in [0.2, 0.25) is 0 Å². The molecule has 36 valence electrons. The van der Waals surface area contributed by atoms with Crippen molar-refractivity contribution >= 4 is 18.4 Å². The van der Waals surface area contributed by atoms with Gasteiger partial charge in [-0.25, -0.2) is 0 Å². The summed E-state index contributed by atoms with van der Waals surface area (Å²) in [5.41, 5.74) is 0. The van der Waals surface area contributed by atoms with Crippen LogP contribution in [0.15, 0.2) is 0 Å². The number of rotatable bonds is 0. The molecule has 0 spiro atoms. The quantitative estimate of drug-likeness (QED) is 0.427. The SMILES string of the molecule is C=O.ClC1CC1.[H+]. The van der Waals surface area contributed by atoms with Crippen LogP contribution in [0, 0.1) is 0 Å². The molecule has 0 aromatic carbocycles. The maximum atomic E-state index is 8.00. The molecule has 2 heteroatoms. The molecule has 1 saturated carbocycles. The van der Waals surface area contributed by atoms with Crippen molar-refractivity contribution in [2.75, 3.05) is 0 Å². The number of halogens is 1. The van der Waals surface area contributed by atoms with E-state index in [1.807, 2.05) is 6.79 Å². The Morgan fingerprint density at radius 1 is 1.67 bits per heavy atom. The smallest absolute Gasteiger partial charge is 0.307 e. The molecule has 0 aromatic heterocycles. The molecule has 1 nitrogen and oxygen atoms in total. The number of hydrogen-bond acceptors (Lipinski definition) is 1. The first-order chi connectivity index (χ1) is 2.89. The zero-order valence-electron chi connectivity index (χ0n) is 4.48. The van der Waals surface area contributed by atoms with Crippen molar-refractivity contribution in [2.45, 2.75) is 18.2 Å². The molecule has 0 radical (unpaired) electrons. The highest BCUT2D eigenvalue weighted by atomic mass is 35.5. The predicted octanol–water partition coefficient (Wildman–Crippen LogP) is 1.32. The van der Waals surface area contributed by atoms with Gasteiger partial charge in [0.15, 0.2) is 0 Å². The van der Waals surface area contributed by atoms with Crippen molar-refractivity contribution in [3.63, 3.8) is 0 Å². The Morgan fingerprint density at radius 3 is 1.83 bits per heavy atom. The number of alkyl halides is 1. The van der Waals surface area contributed by atoms with E-state index in [-0.39, 0.29) is 1.43 Å². The highest BCUT2D eigenvalue weighted by Crippen LogP contribution is 2.25. The first kappa shape index (κ1) is 5.96. The molecule has 1 aliphatic carbocycles. The lowest BCUT2D eigenvalue weighted by Gasteiger charge is -1.50. The maximum Gasteiger partial charge on any atom is 1.00 e. The average molecular weight is 108 g/mol. The Labute approximate surface area is 43.8 Å². The Morgan fingerprint density at radius 2 is 1.83 bits per heavy atom. The molecule has 0 unspecified atom stereocenters. The summed E-state index contributed by atoms with van der Waals surface area (Å²) in [5, 5.41) is 0.556. The molecule has 0 bridgehead atoms. The molecular formula is C4H8ClO+. The third-order valence-corrected chi connectivity index (χ3v) is 0.943. The second-order valence-corrected chi connectivity index (χ2v) is 1.79. The van der Waals surface area contributed by atoms with E-state index in [9.17, 15) is 0 Å². The minimum atomic E-state index is 0. The van der Waals surface area contributed by atoms with Crippen LogP contribution < -0.4 is 0 Å². The summed E-state index contributed by atoms with van der Waals surface area (Å²) in [4.78, 5) is 8.00. The highest BCUT2D eigenvalue weighted by molar-refractivity contribution is 6.22. The molecular weight excluding hydrogens is 99.5 g/mol. The monoisotopic (exact) mass is 107 g/mol. The van der Waals surface area contributed by atoms with Gasteiger partial charge < -0.3 is 4.79 Å². The lowest BCUT2D eigenvalue weighted by molar-refractivity contribution is -0.0979. The minimum absolute atomic E-state index is 0. The summed E-state index contributed by atoms with van der Waals surface area (Å²) in [5.74, 6) is 0. The number of carbonyl (C=O) groups excluding carboxylic acids is 1. The molecule has 0 heterocycles. The van der Waals surface area contributed by atoms with Crippen LogP contribution in [0.5, 0.6) is 0 Å². The highest BCUT2D eigenvalue weighted by Gasteiger charge is 2.15. The molecule has 1 aliphatic rings. The molecule has 0 aliphatic heterocycles.